The zero-order valence-corrected chi connectivity index (χ0v) is 12.7. The highest BCUT2D eigenvalue weighted by molar-refractivity contribution is 7.92. The van der Waals surface area contributed by atoms with Gasteiger partial charge >= 0.3 is 0 Å². The molecule has 2 rings (SSSR count). The third-order valence-electron chi connectivity index (χ3n) is 2.77. The number of hydrogen-bond acceptors (Lipinski definition) is 4. The Labute approximate surface area is 127 Å². The summed E-state index contributed by atoms with van der Waals surface area (Å²) in [5, 5.41) is -0.173. The first-order valence-corrected chi connectivity index (χ1v) is 7.83. The minimum atomic E-state index is -3.94. The van der Waals surface area contributed by atoms with Crippen molar-refractivity contribution in [3.63, 3.8) is 0 Å². The van der Waals surface area contributed by atoms with E-state index in [-0.39, 0.29) is 27.7 Å². The van der Waals surface area contributed by atoms with E-state index < -0.39 is 15.8 Å². The molecular weight excluding hydrogens is 317 g/mol. The quantitative estimate of drug-likeness (QED) is 0.902. The normalized spacial score (nSPS) is 11.4. The standard InChI is InChI=1S/C13H13ClFN3O2S/c1-8-2-3-10(7-17-8)18-21(19,20)11-4-9(6-16)13(14)12(15)5-11/h2-5,7,18H,6,16H2,1H3. The van der Waals surface area contributed by atoms with Gasteiger partial charge in [-0.2, -0.15) is 0 Å². The van der Waals surface area contributed by atoms with Gasteiger partial charge in [-0.3, -0.25) is 9.71 Å². The number of nitrogens with zero attached hydrogens (tertiary/aromatic N) is 1. The molecule has 0 spiro atoms. The Kier molecular flexibility index (Phi) is 4.46. The third kappa shape index (κ3) is 3.49. The summed E-state index contributed by atoms with van der Waals surface area (Å²) in [4.78, 5) is 3.74. The summed E-state index contributed by atoms with van der Waals surface area (Å²) in [7, 11) is -3.94. The van der Waals surface area contributed by atoms with Crippen LogP contribution >= 0.6 is 11.6 Å². The predicted octanol–water partition coefficient (Wildman–Crippen LogP) is 2.44. The molecule has 0 saturated carbocycles. The van der Waals surface area contributed by atoms with E-state index in [4.69, 9.17) is 17.3 Å². The number of pyridine rings is 1. The molecule has 1 aromatic heterocycles. The first-order valence-electron chi connectivity index (χ1n) is 5.97. The van der Waals surface area contributed by atoms with Gasteiger partial charge in [0.1, 0.15) is 5.82 Å². The Morgan fingerprint density at radius 2 is 2.10 bits per heavy atom. The fraction of sp³-hybridized carbons (Fsp3) is 0.154. The lowest BCUT2D eigenvalue weighted by Crippen LogP contribution is -2.14. The van der Waals surface area contributed by atoms with E-state index in [9.17, 15) is 12.8 Å². The molecule has 0 atom stereocenters. The second-order valence-electron chi connectivity index (χ2n) is 4.38. The summed E-state index contributed by atoms with van der Waals surface area (Å²) in [6.07, 6.45) is 1.38. The summed E-state index contributed by atoms with van der Waals surface area (Å²) in [6, 6.07) is 5.32. The number of nitrogens with one attached hydrogen (secondary N) is 1. The molecule has 0 amide bonds. The average Bonchev–Trinajstić information content (AvgIpc) is 2.44. The minimum Gasteiger partial charge on any atom is -0.326 e. The Morgan fingerprint density at radius 3 is 2.67 bits per heavy atom. The molecule has 3 N–H and O–H groups in total. The fourth-order valence-electron chi connectivity index (χ4n) is 1.66. The van der Waals surface area contributed by atoms with Gasteiger partial charge in [0.05, 0.1) is 21.8 Å². The molecule has 0 unspecified atom stereocenters. The highest BCUT2D eigenvalue weighted by Gasteiger charge is 2.19. The topological polar surface area (TPSA) is 85.1 Å². The Bertz CT molecular complexity index is 764. The molecule has 0 aliphatic rings. The van der Waals surface area contributed by atoms with Gasteiger partial charge in [0.15, 0.2) is 0 Å². The van der Waals surface area contributed by atoms with Crippen molar-refractivity contribution in [3.8, 4) is 0 Å². The van der Waals surface area contributed by atoms with Gasteiger partial charge in [0.2, 0.25) is 0 Å². The Morgan fingerprint density at radius 1 is 1.38 bits per heavy atom. The minimum absolute atomic E-state index is 0.0643. The highest BCUT2D eigenvalue weighted by Crippen LogP contribution is 2.25. The van der Waals surface area contributed by atoms with Crippen molar-refractivity contribution < 1.29 is 12.8 Å². The van der Waals surface area contributed by atoms with Crippen molar-refractivity contribution in [2.24, 2.45) is 5.73 Å². The number of benzene rings is 1. The van der Waals surface area contributed by atoms with Gasteiger partial charge in [0.25, 0.3) is 10.0 Å². The number of hydrogen-bond donors (Lipinski definition) is 2. The van der Waals surface area contributed by atoms with Gasteiger partial charge < -0.3 is 5.73 Å². The van der Waals surface area contributed by atoms with Crippen LogP contribution < -0.4 is 10.5 Å². The number of aryl methyl sites for hydroxylation is 1. The highest BCUT2D eigenvalue weighted by atomic mass is 35.5. The summed E-state index contributed by atoms with van der Waals surface area (Å²) < 4.78 is 40.4. The molecule has 112 valence electrons. The monoisotopic (exact) mass is 329 g/mol. The van der Waals surface area contributed by atoms with E-state index in [1.165, 1.54) is 12.3 Å². The van der Waals surface area contributed by atoms with Crippen LogP contribution in [-0.4, -0.2) is 13.4 Å². The second kappa shape index (κ2) is 5.97. The molecule has 0 fully saturated rings. The van der Waals surface area contributed by atoms with Crippen LogP contribution in [0.25, 0.3) is 0 Å². The number of rotatable bonds is 4. The molecule has 5 nitrogen and oxygen atoms in total. The van der Waals surface area contributed by atoms with E-state index in [0.29, 0.717) is 0 Å². The number of aromatic nitrogens is 1. The summed E-state index contributed by atoms with van der Waals surface area (Å²) in [5.41, 5.74) is 6.68. The lowest BCUT2D eigenvalue weighted by Gasteiger charge is -2.10. The van der Waals surface area contributed by atoms with Crippen LogP contribution in [0.1, 0.15) is 11.3 Å². The van der Waals surface area contributed by atoms with E-state index in [1.807, 2.05) is 0 Å². The van der Waals surface area contributed by atoms with Crippen molar-refractivity contribution in [3.05, 3.63) is 52.6 Å². The summed E-state index contributed by atoms with van der Waals surface area (Å²) in [6.45, 7) is 1.71. The number of sulfonamides is 1. The van der Waals surface area contributed by atoms with Crippen LogP contribution in [0, 0.1) is 12.7 Å². The first kappa shape index (κ1) is 15.7. The average molecular weight is 330 g/mol. The third-order valence-corrected chi connectivity index (χ3v) is 4.55. The fourth-order valence-corrected chi connectivity index (χ4v) is 2.96. The second-order valence-corrected chi connectivity index (χ2v) is 6.44. The maximum atomic E-state index is 13.7. The van der Waals surface area contributed by atoms with E-state index in [0.717, 1.165) is 11.8 Å². The predicted molar refractivity (Wildman–Crippen MR) is 79.1 cm³/mol. The lowest BCUT2D eigenvalue weighted by atomic mass is 10.2. The maximum Gasteiger partial charge on any atom is 0.262 e. The largest absolute Gasteiger partial charge is 0.326 e. The summed E-state index contributed by atoms with van der Waals surface area (Å²) >= 11 is 5.71. The Hall–Kier alpha value is -1.70. The molecule has 0 bridgehead atoms. The zero-order chi connectivity index (χ0) is 15.6. The van der Waals surface area contributed by atoms with Gasteiger partial charge in [0, 0.05) is 12.2 Å². The molecule has 1 aromatic carbocycles. The smallest absolute Gasteiger partial charge is 0.262 e. The van der Waals surface area contributed by atoms with Crippen molar-refractivity contribution in [1.29, 1.82) is 0 Å². The van der Waals surface area contributed by atoms with Crippen molar-refractivity contribution in [1.82, 2.24) is 4.98 Å². The molecular formula is C13H13ClFN3O2S. The SMILES string of the molecule is Cc1ccc(NS(=O)(=O)c2cc(F)c(Cl)c(CN)c2)cn1. The van der Waals surface area contributed by atoms with Crippen molar-refractivity contribution in [2.45, 2.75) is 18.4 Å². The van der Waals surface area contributed by atoms with Gasteiger partial charge in [-0.25, -0.2) is 12.8 Å². The van der Waals surface area contributed by atoms with Crippen LogP contribution in [0.5, 0.6) is 0 Å². The Balaban J connectivity index is 2.40. The lowest BCUT2D eigenvalue weighted by molar-refractivity contribution is 0.594. The van der Waals surface area contributed by atoms with Crippen LogP contribution in [0.4, 0.5) is 10.1 Å². The number of halogens is 2. The van der Waals surface area contributed by atoms with Crippen LogP contribution in [0.2, 0.25) is 5.02 Å². The first-order chi connectivity index (χ1) is 9.83. The molecule has 8 heteroatoms. The molecule has 0 aliphatic carbocycles. The number of nitrogens with two attached hydrogens (primary N) is 1. The maximum absolute atomic E-state index is 13.7. The van der Waals surface area contributed by atoms with Gasteiger partial charge in [-0.05, 0) is 36.8 Å². The summed E-state index contributed by atoms with van der Waals surface area (Å²) in [5.74, 6) is -0.831. The van der Waals surface area contributed by atoms with Gasteiger partial charge in [-0.1, -0.05) is 11.6 Å². The van der Waals surface area contributed by atoms with Gasteiger partial charge in [-0.15, -0.1) is 0 Å². The molecule has 2 aromatic rings. The van der Waals surface area contributed by atoms with E-state index in [2.05, 4.69) is 9.71 Å². The zero-order valence-electron chi connectivity index (χ0n) is 11.1. The van der Waals surface area contributed by atoms with E-state index >= 15 is 0 Å². The van der Waals surface area contributed by atoms with Crippen LogP contribution in [-0.2, 0) is 16.6 Å². The molecule has 21 heavy (non-hydrogen) atoms. The van der Waals surface area contributed by atoms with E-state index in [1.54, 1.807) is 19.1 Å². The van der Waals surface area contributed by atoms with Crippen molar-refractivity contribution >= 4 is 27.3 Å². The van der Waals surface area contributed by atoms with Crippen LogP contribution in [0.3, 0.4) is 0 Å². The molecule has 1 heterocycles. The van der Waals surface area contributed by atoms with Crippen molar-refractivity contribution in [2.75, 3.05) is 4.72 Å². The molecule has 0 saturated heterocycles. The number of anilines is 1. The van der Waals surface area contributed by atoms with Crippen LogP contribution in [0.15, 0.2) is 35.4 Å². The molecule has 0 aliphatic heterocycles. The molecule has 0 radical (unpaired) electrons.